The summed E-state index contributed by atoms with van der Waals surface area (Å²) in [5, 5.41) is 20.2. The zero-order valence-corrected chi connectivity index (χ0v) is 10.3. The van der Waals surface area contributed by atoms with Gasteiger partial charge in [0.05, 0.1) is 16.3 Å². The topological polar surface area (TPSA) is 71.1 Å². The third kappa shape index (κ3) is 3.35. The van der Waals surface area contributed by atoms with E-state index in [2.05, 4.69) is 10.3 Å². The minimum atomic E-state index is -0.458. The van der Waals surface area contributed by atoms with E-state index in [4.69, 9.17) is 0 Å². The molecular formula is C13H12N4O2. The van der Waals surface area contributed by atoms with Crippen LogP contribution in [0.1, 0.15) is 0 Å². The average Bonchev–Trinajstić information content (AvgIpc) is 2.46. The molecule has 0 spiro atoms. The summed E-state index contributed by atoms with van der Waals surface area (Å²) in [4.78, 5) is 10.2. The number of hydrogen-bond donors (Lipinski definition) is 0. The lowest BCUT2D eigenvalue weighted by atomic mass is 10.3. The fraction of sp³-hybridized carbons (Fsp3) is 0.0769. The molecule has 2 aromatic carbocycles. The second-order valence-electron chi connectivity index (χ2n) is 3.83. The minimum absolute atomic E-state index is 0.00110. The molecule has 0 fully saturated rings. The van der Waals surface area contributed by atoms with Gasteiger partial charge in [0, 0.05) is 19.2 Å². The van der Waals surface area contributed by atoms with Crippen LogP contribution in [0.25, 0.3) is 0 Å². The zero-order chi connectivity index (χ0) is 13.7. The Labute approximate surface area is 110 Å². The van der Waals surface area contributed by atoms with Gasteiger partial charge in [-0.1, -0.05) is 29.5 Å². The molecule has 2 rings (SSSR count). The van der Waals surface area contributed by atoms with Gasteiger partial charge < -0.3 is 0 Å². The maximum Gasteiger partial charge on any atom is 0.271 e. The number of nitro groups is 1. The molecule has 0 amide bonds. The van der Waals surface area contributed by atoms with Gasteiger partial charge in [0.1, 0.15) is 0 Å². The van der Waals surface area contributed by atoms with E-state index in [0.717, 1.165) is 5.69 Å². The van der Waals surface area contributed by atoms with Gasteiger partial charge in [0.2, 0.25) is 0 Å². The lowest BCUT2D eigenvalue weighted by Gasteiger charge is -2.10. The Kier molecular flexibility index (Phi) is 3.82. The summed E-state index contributed by atoms with van der Waals surface area (Å²) in [5.74, 6) is 0. The number of non-ortho nitro benzene ring substituents is 1. The van der Waals surface area contributed by atoms with Crippen molar-refractivity contribution in [3.8, 4) is 0 Å². The summed E-state index contributed by atoms with van der Waals surface area (Å²) < 4.78 is 0. The first-order chi connectivity index (χ1) is 9.16. The van der Waals surface area contributed by atoms with Crippen LogP contribution in [-0.4, -0.2) is 12.0 Å². The molecule has 0 unspecified atom stereocenters. The second-order valence-corrected chi connectivity index (χ2v) is 3.83. The van der Waals surface area contributed by atoms with Crippen LogP contribution in [0, 0.1) is 10.1 Å². The SMILES string of the molecule is CN(N=Nc1cccc([N+](=O)[O-])c1)c1ccccc1. The van der Waals surface area contributed by atoms with Crippen molar-refractivity contribution in [3.05, 3.63) is 64.7 Å². The Morgan fingerprint density at radius 3 is 2.53 bits per heavy atom. The van der Waals surface area contributed by atoms with Crippen molar-refractivity contribution in [3.63, 3.8) is 0 Å². The molecule has 96 valence electrons. The van der Waals surface area contributed by atoms with E-state index < -0.39 is 4.92 Å². The van der Waals surface area contributed by atoms with Gasteiger partial charge in [-0.2, -0.15) is 0 Å². The van der Waals surface area contributed by atoms with Crippen LogP contribution < -0.4 is 5.01 Å². The third-order valence-electron chi connectivity index (χ3n) is 2.46. The van der Waals surface area contributed by atoms with Crippen LogP contribution >= 0.6 is 0 Å². The summed E-state index contributed by atoms with van der Waals surface area (Å²) in [6, 6.07) is 15.5. The van der Waals surface area contributed by atoms with Gasteiger partial charge in [-0.25, -0.2) is 5.01 Å². The quantitative estimate of drug-likeness (QED) is 0.475. The van der Waals surface area contributed by atoms with Crippen molar-refractivity contribution in [2.45, 2.75) is 0 Å². The predicted octanol–water partition coefficient (Wildman–Crippen LogP) is 3.73. The van der Waals surface area contributed by atoms with Crippen LogP contribution in [-0.2, 0) is 0 Å². The van der Waals surface area contributed by atoms with Gasteiger partial charge >= 0.3 is 0 Å². The fourth-order valence-electron chi connectivity index (χ4n) is 1.48. The van der Waals surface area contributed by atoms with E-state index in [1.165, 1.54) is 12.1 Å². The molecule has 0 bridgehead atoms. The Balaban J connectivity index is 2.14. The molecule has 0 heterocycles. The van der Waals surface area contributed by atoms with Crippen LogP contribution in [0.15, 0.2) is 64.9 Å². The number of para-hydroxylation sites is 1. The molecule has 0 aromatic heterocycles. The molecule has 0 atom stereocenters. The van der Waals surface area contributed by atoms with E-state index in [0.29, 0.717) is 5.69 Å². The van der Waals surface area contributed by atoms with Crippen LogP contribution in [0.5, 0.6) is 0 Å². The highest BCUT2D eigenvalue weighted by Gasteiger charge is 2.05. The third-order valence-corrected chi connectivity index (χ3v) is 2.46. The van der Waals surface area contributed by atoms with E-state index >= 15 is 0 Å². The van der Waals surface area contributed by atoms with Crippen molar-refractivity contribution in [2.75, 3.05) is 12.1 Å². The number of rotatable bonds is 4. The molecule has 6 heteroatoms. The summed E-state index contributed by atoms with van der Waals surface area (Å²) in [7, 11) is 1.76. The molecule has 2 aromatic rings. The molecule has 19 heavy (non-hydrogen) atoms. The van der Waals surface area contributed by atoms with Crippen molar-refractivity contribution in [1.82, 2.24) is 0 Å². The highest BCUT2D eigenvalue weighted by molar-refractivity contribution is 5.47. The standard InChI is InChI=1S/C13H12N4O2/c1-16(12-7-3-2-4-8-12)15-14-11-6-5-9-13(10-11)17(18)19/h2-10H,1H3. The van der Waals surface area contributed by atoms with Gasteiger partial charge in [0.15, 0.2) is 0 Å². The monoisotopic (exact) mass is 256 g/mol. The number of hydrogen-bond acceptors (Lipinski definition) is 4. The lowest BCUT2D eigenvalue weighted by molar-refractivity contribution is -0.384. The molecule has 0 saturated carbocycles. The first-order valence-electron chi connectivity index (χ1n) is 5.62. The van der Waals surface area contributed by atoms with Crippen LogP contribution in [0.4, 0.5) is 17.1 Å². The molecule has 0 radical (unpaired) electrons. The van der Waals surface area contributed by atoms with Gasteiger partial charge in [0.25, 0.3) is 5.69 Å². The van der Waals surface area contributed by atoms with Crippen molar-refractivity contribution in [2.24, 2.45) is 10.3 Å². The van der Waals surface area contributed by atoms with Gasteiger partial charge in [-0.05, 0) is 18.2 Å². The fourth-order valence-corrected chi connectivity index (χ4v) is 1.48. The summed E-state index contributed by atoms with van der Waals surface area (Å²) >= 11 is 0. The average molecular weight is 256 g/mol. The lowest BCUT2D eigenvalue weighted by Crippen LogP contribution is -2.06. The Morgan fingerprint density at radius 2 is 1.84 bits per heavy atom. The largest absolute Gasteiger partial charge is 0.271 e. The smallest absolute Gasteiger partial charge is 0.258 e. The molecule has 0 N–H and O–H groups in total. The maximum atomic E-state index is 10.6. The number of anilines is 1. The van der Waals surface area contributed by atoms with E-state index in [-0.39, 0.29) is 5.69 Å². The van der Waals surface area contributed by atoms with E-state index in [9.17, 15) is 10.1 Å². The number of nitrogens with zero attached hydrogens (tertiary/aromatic N) is 4. The van der Waals surface area contributed by atoms with Crippen LogP contribution in [0.2, 0.25) is 0 Å². The molecular weight excluding hydrogens is 244 g/mol. The van der Waals surface area contributed by atoms with Crippen LogP contribution in [0.3, 0.4) is 0 Å². The van der Waals surface area contributed by atoms with Gasteiger partial charge in [-0.3, -0.25) is 10.1 Å². The maximum absolute atomic E-state index is 10.6. The second kappa shape index (κ2) is 5.72. The Bertz CT molecular complexity index is 599. The highest BCUT2D eigenvalue weighted by Crippen LogP contribution is 2.21. The molecule has 6 nitrogen and oxygen atoms in total. The molecule has 0 aliphatic carbocycles. The van der Waals surface area contributed by atoms with E-state index in [1.807, 2.05) is 30.3 Å². The summed E-state index contributed by atoms with van der Waals surface area (Å²) in [6.45, 7) is 0. The first kappa shape index (κ1) is 12.7. The number of nitro benzene ring substituents is 1. The Morgan fingerprint density at radius 1 is 1.11 bits per heavy atom. The van der Waals surface area contributed by atoms with Crippen molar-refractivity contribution in [1.29, 1.82) is 0 Å². The molecule has 0 saturated heterocycles. The summed E-state index contributed by atoms with van der Waals surface area (Å²) in [6.07, 6.45) is 0. The molecule has 0 aliphatic heterocycles. The van der Waals surface area contributed by atoms with Crippen molar-refractivity contribution >= 4 is 17.1 Å². The predicted molar refractivity (Wildman–Crippen MR) is 72.5 cm³/mol. The van der Waals surface area contributed by atoms with E-state index in [1.54, 1.807) is 24.2 Å². The first-order valence-corrected chi connectivity index (χ1v) is 5.62. The zero-order valence-electron chi connectivity index (χ0n) is 10.3. The molecule has 0 aliphatic rings. The van der Waals surface area contributed by atoms with Crippen molar-refractivity contribution < 1.29 is 4.92 Å². The minimum Gasteiger partial charge on any atom is -0.258 e. The number of benzene rings is 2. The summed E-state index contributed by atoms with van der Waals surface area (Å²) in [5.41, 5.74) is 1.33. The van der Waals surface area contributed by atoms with Gasteiger partial charge in [-0.15, -0.1) is 5.11 Å². The Hall–Kier alpha value is -2.76. The highest BCUT2D eigenvalue weighted by atomic mass is 16.6. The normalized spacial score (nSPS) is 10.6.